The summed E-state index contributed by atoms with van der Waals surface area (Å²) in [4.78, 5) is 4.89. The Labute approximate surface area is 127 Å². The van der Waals surface area contributed by atoms with Crippen molar-refractivity contribution >= 4 is 0 Å². The number of hydrogen-bond acceptors (Lipinski definition) is 4. The summed E-state index contributed by atoms with van der Waals surface area (Å²) in [5, 5.41) is 10.7. The Hall–Kier alpha value is -1.10. The van der Waals surface area contributed by atoms with Crippen LogP contribution in [0.5, 0.6) is 5.75 Å². The van der Waals surface area contributed by atoms with Gasteiger partial charge in [-0.15, -0.1) is 0 Å². The van der Waals surface area contributed by atoms with Crippen molar-refractivity contribution in [2.24, 2.45) is 0 Å². The van der Waals surface area contributed by atoms with Gasteiger partial charge < -0.3 is 9.84 Å². The molecule has 1 aromatic carbocycles. The highest BCUT2D eigenvalue weighted by Gasteiger charge is 2.36. The summed E-state index contributed by atoms with van der Waals surface area (Å²) < 4.78 is 5.84. The van der Waals surface area contributed by atoms with Crippen LogP contribution in [0.1, 0.15) is 32.4 Å². The Morgan fingerprint density at radius 2 is 1.76 bits per heavy atom. The fraction of sp³-hybridized carbons (Fsp3) is 0.647. The minimum Gasteiger partial charge on any atom is -0.491 e. The van der Waals surface area contributed by atoms with Crippen LogP contribution in [0.25, 0.3) is 0 Å². The third-order valence-corrected chi connectivity index (χ3v) is 4.74. The summed E-state index contributed by atoms with van der Waals surface area (Å²) in [7, 11) is 0. The van der Waals surface area contributed by atoms with Gasteiger partial charge >= 0.3 is 0 Å². The molecule has 0 aliphatic carbocycles. The van der Waals surface area contributed by atoms with Crippen LogP contribution in [-0.4, -0.2) is 59.3 Å². The van der Waals surface area contributed by atoms with Crippen molar-refractivity contribution in [3.8, 4) is 5.75 Å². The van der Waals surface area contributed by atoms with Gasteiger partial charge in [0, 0.05) is 37.3 Å². The van der Waals surface area contributed by atoms with Crippen molar-refractivity contribution in [3.63, 3.8) is 0 Å². The van der Waals surface area contributed by atoms with Gasteiger partial charge in [-0.2, -0.15) is 0 Å². The first kappa shape index (κ1) is 14.8. The van der Waals surface area contributed by atoms with E-state index in [4.69, 9.17) is 4.74 Å². The predicted octanol–water partition coefficient (Wildman–Crippen LogP) is 1.90. The van der Waals surface area contributed by atoms with Gasteiger partial charge in [-0.25, -0.2) is 0 Å². The first-order chi connectivity index (χ1) is 9.97. The van der Waals surface area contributed by atoms with Crippen LogP contribution >= 0.6 is 0 Å². The molecule has 0 radical (unpaired) electrons. The molecule has 2 unspecified atom stereocenters. The van der Waals surface area contributed by atoms with Crippen molar-refractivity contribution in [1.82, 2.24) is 9.80 Å². The lowest BCUT2D eigenvalue weighted by Crippen LogP contribution is -2.58. The Bertz CT molecular complexity index is 490. The molecule has 2 aliphatic rings. The number of aliphatic hydroxyl groups is 1. The molecule has 1 fully saturated rings. The predicted molar refractivity (Wildman–Crippen MR) is 83.6 cm³/mol. The van der Waals surface area contributed by atoms with E-state index in [1.807, 2.05) is 24.3 Å². The molecule has 0 bridgehead atoms. The maximum absolute atomic E-state index is 10.7. The molecule has 4 nitrogen and oxygen atoms in total. The molecule has 3 rings (SSSR count). The SMILES string of the molecule is CC(C)(C)N1CCN(C2COc3ccccc3C2O)CC1. The molecule has 0 aromatic heterocycles. The summed E-state index contributed by atoms with van der Waals surface area (Å²) in [6.45, 7) is 11.4. The lowest BCUT2D eigenvalue weighted by atomic mass is 9.97. The van der Waals surface area contributed by atoms with E-state index in [1.54, 1.807) is 0 Å². The molecule has 0 saturated carbocycles. The Balaban J connectivity index is 1.67. The van der Waals surface area contributed by atoms with E-state index in [0.29, 0.717) is 6.61 Å². The fourth-order valence-electron chi connectivity index (χ4n) is 3.36. The first-order valence-electron chi connectivity index (χ1n) is 7.86. The normalized spacial score (nSPS) is 28.0. The highest BCUT2D eigenvalue weighted by Crippen LogP contribution is 2.34. The molecule has 1 aromatic rings. The highest BCUT2D eigenvalue weighted by atomic mass is 16.5. The number of nitrogens with zero attached hydrogens (tertiary/aromatic N) is 2. The number of benzene rings is 1. The fourth-order valence-corrected chi connectivity index (χ4v) is 3.36. The van der Waals surface area contributed by atoms with Crippen LogP contribution in [0.3, 0.4) is 0 Å². The number of aliphatic hydroxyl groups excluding tert-OH is 1. The average Bonchev–Trinajstić information content (AvgIpc) is 2.47. The average molecular weight is 290 g/mol. The zero-order chi connectivity index (χ0) is 15.0. The maximum atomic E-state index is 10.7. The van der Waals surface area contributed by atoms with Crippen LogP contribution in [0, 0.1) is 0 Å². The Kier molecular flexibility index (Phi) is 3.95. The Morgan fingerprint density at radius 1 is 1.10 bits per heavy atom. The number of hydrogen-bond donors (Lipinski definition) is 1. The van der Waals surface area contributed by atoms with Crippen LogP contribution in [-0.2, 0) is 0 Å². The molecule has 0 spiro atoms. The van der Waals surface area contributed by atoms with E-state index in [-0.39, 0.29) is 11.6 Å². The summed E-state index contributed by atoms with van der Waals surface area (Å²) in [6, 6.07) is 7.89. The third-order valence-electron chi connectivity index (χ3n) is 4.74. The van der Waals surface area contributed by atoms with E-state index in [2.05, 4.69) is 30.6 Å². The molecule has 4 heteroatoms. The lowest BCUT2D eigenvalue weighted by molar-refractivity contribution is -0.0303. The van der Waals surface area contributed by atoms with E-state index in [0.717, 1.165) is 37.5 Å². The largest absolute Gasteiger partial charge is 0.491 e. The van der Waals surface area contributed by atoms with Crippen LogP contribution < -0.4 is 4.74 Å². The minimum atomic E-state index is -0.448. The van der Waals surface area contributed by atoms with Gasteiger partial charge in [-0.05, 0) is 26.8 Å². The van der Waals surface area contributed by atoms with E-state index >= 15 is 0 Å². The molecule has 1 N–H and O–H groups in total. The Morgan fingerprint density at radius 3 is 2.43 bits per heavy atom. The van der Waals surface area contributed by atoms with Gasteiger partial charge in [0.25, 0.3) is 0 Å². The number of para-hydroxylation sites is 1. The summed E-state index contributed by atoms with van der Waals surface area (Å²) in [5.41, 5.74) is 1.15. The molecule has 2 heterocycles. The monoisotopic (exact) mass is 290 g/mol. The lowest BCUT2D eigenvalue weighted by Gasteiger charge is -2.46. The molecule has 2 atom stereocenters. The van der Waals surface area contributed by atoms with Gasteiger partial charge in [0.05, 0.1) is 6.04 Å². The summed E-state index contributed by atoms with van der Waals surface area (Å²) >= 11 is 0. The topological polar surface area (TPSA) is 35.9 Å². The van der Waals surface area contributed by atoms with Gasteiger partial charge in [-0.1, -0.05) is 18.2 Å². The van der Waals surface area contributed by atoms with Gasteiger partial charge in [0.1, 0.15) is 18.5 Å². The maximum Gasteiger partial charge on any atom is 0.125 e. The van der Waals surface area contributed by atoms with Crippen LogP contribution in [0.2, 0.25) is 0 Å². The van der Waals surface area contributed by atoms with Gasteiger partial charge in [0.15, 0.2) is 0 Å². The third kappa shape index (κ3) is 2.93. The molecule has 0 amide bonds. The molecular formula is C17H26N2O2. The van der Waals surface area contributed by atoms with Gasteiger partial charge in [0.2, 0.25) is 0 Å². The minimum absolute atomic E-state index is 0.0713. The zero-order valence-corrected chi connectivity index (χ0v) is 13.2. The van der Waals surface area contributed by atoms with Crippen LogP contribution in [0.4, 0.5) is 0 Å². The number of piperazine rings is 1. The van der Waals surface area contributed by atoms with Crippen molar-refractivity contribution in [2.45, 2.75) is 38.5 Å². The van der Waals surface area contributed by atoms with Crippen molar-refractivity contribution in [1.29, 1.82) is 0 Å². The molecule has 116 valence electrons. The number of fused-ring (bicyclic) bond motifs is 1. The summed E-state index contributed by atoms with van der Waals surface area (Å²) in [5.74, 6) is 0.828. The smallest absolute Gasteiger partial charge is 0.125 e. The highest BCUT2D eigenvalue weighted by molar-refractivity contribution is 5.37. The second-order valence-electron chi connectivity index (χ2n) is 7.05. The van der Waals surface area contributed by atoms with Crippen molar-refractivity contribution in [2.75, 3.05) is 32.8 Å². The molecule has 1 saturated heterocycles. The quantitative estimate of drug-likeness (QED) is 0.857. The van der Waals surface area contributed by atoms with Crippen molar-refractivity contribution in [3.05, 3.63) is 29.8 Å². The number of rotatable bonds is 1. The van der Waals surface area contributed by atoms with Crippen molar-refractivity contribution < 1.29 is 9.84 Å². The van der Waals surface area contributed by atoms with E-state index < -0.39 is 6.10 Å². The second-order valence-corrected chi connectivity index (χ2v) is 7.05. The standard InChI is InChI=1S/C17H26N2O2/c1-17(2,3)19-10-8-18(9-11-19)14-12-21-15-7-5-4-6-13(15)16(14)20/h4-7,14,16,20H,8-12H2,1-3H3. The summed E-state index contributed by atoms with van der Waals surface area (Å²) in [6.07, 6.45) is -0.448. The van der Waals surface area contributed by atoms with Crippen LogP contribution in [0.15, 0.2) is 24.3 Å². The van der Waals surface area contributed by atoms with E-state index in [9.17, 15) is 5.11 Å². The first-order valence-corrected chi connectivity index (χ1v) is 7.86. The molecule has 2 aliphatic heterocycles. The number of ether oxygens (including phenoxy) is 1. The van der Waals surface area contributed by atoms with Gasteiger partial charge in [-0.3, -0.25) is 9.80 Å². The molecular weight excluding hydrogens is 264 g/mol. The molecule has 21 heavy (non-hydrogen) atoms. The van der Waals surface area contributed by atoms with E-state index in [1.165, 1.54) is 0 Å². The second kappa shape index (κ2) is 5.59. The zero-order valence-electron chi connectivity index (χ0n) is 13.2.